The van der Waals surface area contributed by atoms with Crippen LogP contribution in [0.5, 0.6) is 0 Å². The number of hydrogen-bond donors (Lipinski definition) is 2. The molecule has 0 aliphatic carbocycles. The van der Waals surface area contributed by atoms with E-state index in [2.05, 4.69) is 20.0 Å². The second-order valence-electron chi connectivity index (χ2n) is 6.22. The largest absolute Gasteiger partial charge is 0.315 e. The number of nitrogens with zero attached hydrogens (tertiary/aromatic N) is 2. The van der Waals surface area contributed by atoms with Crippen LogP contribution in [0.15, 0.2) is 66.1 Å². The molecule has 0 unspecified atom stereocenters. The Morgan fingerprint density at radius 1 is 1.04 bits per heavy atom. The average Bonchev–Trinajstić information content (AvgIpc) is 2.65. The lowest BCUT2D eigenvalue weighted by atomic mass is 10.2. The summed E-state index contributed by atoms with van der Waals surface area (Å²) >= 11 is 0. The quantitative estimate of drug-likeness (QED) is 0.594. The number of pyridine rings is 2. The van der Waals surface area contributed by atoms with E-state index < -0.39 is 10.0 Å². The van der Waals surface area contributed by atoms with E-state index in [0.717, 1.165) is 29.3 Å². The standard InChI is InChI=1S/C19H22N4O2S/c1-15(12-21-9-6-16-3-2-8-20-13-16)23-26(24,25)19-5-4-18-14-22-10-7-17(18)11-19/h2-5,7-8,10-11,13-15,21,23H,6,9,12H2,1H3/t15-/m1/s1. The van der Waals surface area contributed by atoms with Crippen LogP contribution in [0.3, 0.4) is 0 Å². The molecule has 2 aromatic heterocycles. The van der Waals surface area contributed by atoms with Gasteiger partial charge >= 0.3 is 0 Å². The van der Waals surface area contributed by atoms with E-state index in [1.807, 2.05) is 25.3 Å². The molecule has 0 amide bonds. The third-order valence-corrected chi connectivity index (χ3v) is 5.63. The molecule has 1 atom stereocenters. The van der Waals surface area contributed by atoms with Gasteiger partial charge in [-0.25, -0.2) is 13.1 Å². The molecule has 2 N–H and O–H groups in total. The molecule has 0 spiro atoms. The summed E-state index contributed by atoms with van der Waals surface area (Å²) in [6.45, 7) is 3.16. The molecule has 0 aliphatic heterocycles. The van der Waals surface area contributed by atoms with Crippen molar-refractivity contribution in [1.29, 1.82) is 0 Å². The normalized spacial score (nSPS) is 13.0. The third-order valence-electron chi connectivity index (χ3n) is 4.04. The van der Waals surface area contributed by atoms with Crippen molar-refractivity contribution in [3.8, 4) is 0 Å². The summed E-state index contributed by atoms with van der Waals surface area (Å²) in [7, 11) is -3.56. The first-order valence-electron chi connectivity index (χ1n) is 8.50. The highest BCUT2D eigenvalue weighted by atomic mass is 32.2. The molecule has 7 heteroatoms. The van der Waals surface area contributed by atoms with Gasteiger partial charge < -0.3 is 5.32 Å². The first-order chi connectivity index (χ1) is 12.5. The van der Waals surface area contributed by atoms with Crippen LogP contribution in [0.25, 0.3) is 10.8 Å². The Balaban J connectivity index is 1.54. The number of hydrogen-bond acceptors (Lipinski definition) is 5. The lowest BCUT2D eigenvalue weighted by Crippen LogP contribution is -2.40. The number of fused-ring (bicyclic) bond motifs is 1. The molecular weight excluding hydrogens is 348 g/mol. The van der Waals surface area contributed by atoms with E-state index in [-0.39, 0.29) is 10.9 Å². The Kier molecular flexibility index (Phi) is 5.92. The molecule has 136 valence electrons. The van der Waals surface area contributed by atoms with Crippen LogP contribution in [0.4, 0.5) is 0 Å². The highest BCUT2D eigenvalue weighted by Gasteiger charge is 2.17. The van der Waals surface area contributed by atoms with Gasteiger partial charge in [0.15, 0.2) is 0 Å². The van der Waals surface area contributed by atoms with Gasteiger partial charge in [0.05, 0.1) is 4.90 Å². The summed E-state index contributed by atoms with van der Waals surface area (Å²) in [6, 6.07) is 10.6. The molecule has 0 fully saturated rings. The monoisotopic (exact) mass is 370 g/mol. The average molecular weight is 370 g/mol. The third kappa shape index (κ3) is 4.85. The molecule has 6 nitrogen and oxygen atoms in total. The van der Waals surface area contributed by atoms with Crippen LogP contribution in [0.1, 0.15) is 12.5 Å². The number of sulfonamides is 1. The van der Waals surface area contributed by atoms with Crippen LogP contribution in [-0.2, 0) is 16.4 Å². The van der Waals surface area contributed by atoms with E-state index >= 15 is 0 Å². The first-order valence-corrected chi connectivity index (χ1v) is 9.99. The molecular formula is C19H22N4O2S. The van der Waals surface area contributed by atoms with Crippen molar-refractivity contribution < 1.29 is 8.42 Å². The Morgan fingerprint density at radius 2 is 1.88 bits per heavy atom. The second-order valence-corrected chi connectivity index (χ2v) is 7.94. The van der Waals surface area contributed by atoms with Crippen LogP contribution in [0.2, 0.25) is 0 Å². The van der Waals surface area contributed by atoms with E-state index in [0.29, 0.717) is 6.54 Å². The predicted octanol–water partition coefficient (Wildman–Crippen LogP) is 2.13. The fourth-order valence-corrected chi connectivity index (χ4v) is 3.98. The summed E-state index contributed by atoms with van der Waals surface area (Å²) in [5.41, 5.74) is 1.15. The van der Waals surface area contributed by atoms with Crippen molar-refractivity contribution in [3.05, 3.63) is 66.7 Å². The van der Waals surface area contributed by atoms with Crippen LogP contribution < -0.4 is 10.0 Å². The Morgan fingerprint density at radius 3 is 2.69 bits per heavy atom. The lowest BCUT2D eigenvalue weighted by Gasteiger charge is -2.15. The summed E-state index contributed by atoms with van der Waals surface area (Å²) in [5, 5.41) is 5.04. The van der Waals surface area contributed by atoms with Crippen LogP contribution in [-0.4, -0.2) is 37.5 Å². The van der Waals surface area contributed by atoms with Crippen LogP contribution in [0, 0.1) is 0 Å². The highest BCUT2D eigenvalue weighted by molar-refractivity contribution is 7.89. The van der Waals surface area contributed by atoms with Crippen molar-refractivity contribution in [2.24, 2.45) is 0 Å². The van der Waals surface area contributed by atoms with Crippen molar-refractivity contribution in [2.45, 2.75) is 24.3 Å². The zero-order valence-electron chi connectivity index (χ0n) is 14.6. The second kappa shape index (κ2) is 8.35. The maximum atomic E-state index is 12.6. The molecule has 3 aromatic rings. The Bertz CT molecular complexity index is 961. The molecule has 3 rings (SSSR count). The lowest BCUT2D eigenvalue weighted by molar-refractivity contribution is 0.537. The SMILES string of the molecule is C[C@H](CNCCc1cccnc1)NS(=O)(=O)c1ccc2cnccc2c1. The number of aromatic nitrogens is 2. The summed E-state index contributed by atoms with van der Waals surface area (Å²) in [5.74, 6) is 0. The summed E-state index contributed by atoms with van der Waals surface area (Å²) in [4.78, 5) is 8.38. The van der Waals surface area contributed by atoms with Crippen molar-refractivity contribution in [2.75, 3.05) is 13.1 Å². The maximum Gasteiger partial charge on any atom is 0.240 e. The van der Waals surface area contributed by atoms with Crippen molar-refractivity contribution in [1.82, 2.24) is 20.0 Å². The zero-order valence-corrected chi connectivity index (χ0v) is 15.4. The van der Waals surface area contributed by atoms with Crippen molar-refractivity contribution in [3.63, 3.8) is 0 Å². The van der Waals surface area contributed by atoms with Gasteiger partial charge in [-0.3, -0.25) is 9.97 Å². The van der Waals surface area contributed by atoms with Gasteiger partial charge in [-0.05, 0) is 55.1 Å². The predicted molar refractivity (Wildman–Crippen MR) is 102 cm³/mol. The molecule has 0 saturated carbocycles. The maximum absolute atomic E-state index is 12.6. The first kappa shape index (κ1) is 18.4. The van der Waals surface area contributed by atoms with Gasteiger partial charge in [0.2, 0.25) is 10.0 Å². The molecule has 0 radical (unpaired) electrons. The molecule has 0 saturated heterocycles. The van der Waals surface area contributed by atoms with Gasteiger partial charge in [0, 0.05) is 42.8 Å². The van der Waals surface area contributed by atoms with E-state index in [4.69, 9.17) is 0 Å². The fourth-order valence-electron chi connectivity index (χ4n) is 2.70. The van der Waals surface area contributed by atoms with E-state index in [1.54, 1.807) is 42.9 Å². The molecule has 2 heterocycles. The molecule has 1 aromatic carbocycles. The van der Waals surface area contributed by atoms with Gasteiger partial charge in [0.25, 0.3) is 0 Å². The number of benzene rings is 1. The Labute approximate surface area is 153 Å². The van der Waals surface area contributed by atoms with Gasteiger partial charge in [-0.1, -0.05) is 12.1 Å². The van der Waals surface area contributed by atoms with Gasteiger partial charge in [0.1, 0.15) is 0 Å². The smallest absolute Gasteiger partial charge is 0.240 e. The van der Waals surface area contributed by atoms with E-state index in [1.165, 1.54) is 0 Å². The number of nitrogens with one attached hydrogen (secondary N) is 2. The minimum atomic E-state index is -3.56. The van der Waals surface area contributed by atoms with Gasteiger partial charge in [-0.15, -0.1) is 0 Å². The summed E-state index contributed by atoms with van der Waals surface area (Å²) < 4.78 is 27.9. The molecule has 26 heavy (non-hydrogen) atoms. The fraction of sp³-hybridized carbons (Fsp3) is 0.263. The molecule has 0 aliphatic rings. The summed E-state index contributed by atoms with van der Waals surface area (Å²) in [6.07, 6.45) is 7.81. The topological polar surface area (TPSA) is 84.0 Å². The Hall–Kier alpha value is -2.35. The number of rotatable bonds is 8. The minimum Gasteiger partial charge on any atom is -0.315 e. The van der Waals surface area contributed by atoms with Crippen molar-refractivity contribution >= 4 is 20.8 Å². The zero-order chi connectivity index (χ0) is 18.4. The van der Waals surface area contributed by atoms with Gasteiger partial charge in [-0.2, -0.15) is 0 Å². The van der Waals surface area contributed by atoms with Crippen LogP contribution >= 0.6 is 0 Å². The highest BCUT2D eigenvalue weighted by Crippen LogP contribution is 2.18. The minimum absolute atomic E-state index is 0.220. The molecule has 0 bridgehead atoms. The van der Waals surface area contributed by atoms with E-state index in [9.17, 15) is 8.42 Å².